The summed E-state index contributed by atoms with van der Waals surface area (Å²) in [6, 6.07) is 11.6. The van der Waals surface area contributed by atoms with E-state index in [0.717, 1.165) is 22.5 Å². The third-order valence-corrected chi connectivity index (χ3v) is 4.26. The van der Waals surface area contributed by atoms with Crippen LogP contribution >= 0.6 is 0 Å². The van der Waals surface area contributed by atoms with E-state index in [9.17, 15) is 23.1 Å². The molecule has 0 aliphatic rings. The second-order valence-electron chi connectivity index (χ2n) is 5.99. The van der Waals surface area contributed by atoms with E-state index in [4.69, 9.17) is 0 Å². The summed E-state index contributed by atoms with van der Waals surface area (Å²) in [5, 5.41) is 13.1. The third-order valence-electron chi connectivity index (χ3n) is 4.26. The van der Waals surface area contributed by atoms with Gasteiger partial charge in [-0.3, -0.25) is 4.79 Å². The molecule has 2 aromatic carbocycles. The molecule has 1 atom stereocenters. The molecule has 0 saturated heterocycles. The van der Waals surface area contributed by atoms with E-state index in [0.29, 0.717) is 0 Å². The fraction of sp³-hybridized carbons (Fsp3) is 0.211. The number of rotatable bonds is 6. The summed E-state index contributed by atoms with van der Waals surface area (Å²) < 4.78 is 39.2. The van der Waals surface area contributed by atoms with Crippen LogP contribution in [0.25, 0.3) is 10.9 Å². The zero-order valence-electron chi connectivity index (χ0n) is 13.7. The minimum atomic E-state index is -4.48. The molecule has 0 saturated carbocycles. The number of halogens is 3. The van der Waals surface area contributed by atoms with Gasteiger partial charge in [0.25, 0.3) is 0 Å². The Balaban J connectivity index is 1.77. The smallest absolute Gasteiger partial charge is 0.416 e. The first-order chi connectivity index (χ1) is 12.4. The van der Waals surface area contributed by atoms with Crippen LogP contribution in [0.15, 0.2) is 54.7 Å². The lowest BCUT2D eigenvalue weighted by atomic mass is 10.0. The van der Waals surface area contributed by atoms with Gasteiger partial charge in [-0.25, -0.2) is 0 Å². The van der Waals surface area contributed by atoms with Crippen molar-refractivity contribution >= 4 is 16.9 Å². The van der Waals surface area contributed by atoms with Crippen molar-refractivity contribution in [2.45, 2.75) is 25.2 Å². The lowest BCUT2D eigenvalue weighted by Crippen LogP contribution is -2.38. The van der Waals surface area contributed by atoms with Crippen LogP contribution in [0.2, 0.25) is 0 Å². The summed E-state index contributed by atoms with van der Waals surface area (Å²) >= 11 is 0. The minimum Gasteiger partial charge on any atom is -0.480 e. The van der Waals surface area contributed by atoms with E-state index in [1.54, 1.807) is 6.20 Å². The molecule has 4 nitrogen and oxygen atoms in total. The Hall–Kier alpha value is -2.80. The highest BCUT2D eigenvalue weighted by Gasteiger charge is 2.33. The summed E-state index contributed by atoms with van der Waals surface area (Å²) in [4.78, 5) is 14.6. The molecular weight excluding hydrogens is 345 g/mol. The number of hydrogen-bond acceptors (Lipinski definition) is 2. The Morgan fingerprint density at radius 3 is 2.50 bits per heavy atom. The first kappa shape index (κ1) is 18.0. The Morgan fingerprint density at radius 1 is 1.08 bits per heavy atom. The second-order valence-corrected chi connectivity index (χ2v) is 5.99. The topological polar surface area (TPSA) is 65.1 Å². The Morgan fingerprint density at radius 2 is 1.77 bits per heavy atom. The molecule has 1 heterocycles. The number of hydrogen-bond donors (Lipinski definition) is 3. The van der Waals surface area contributed by atoms with Gasteiger partial charge in [-0.1, -0.05) is 36.4 Å². The number of carboxylic acid groups (broad SMARTS) is 1. The molecule has 1 aromatic heterocycles. The number of aliphatic carboxylic acids is 1. The molecule has 7 heteroatoms. The van der Waals surface area contributed by atoms with Gasteiger partial charge in [0.1, 0.15) is 6.04 Å². The molecule has 0 fully saturated rings. The van der Waals surface area contributed by atoms with Crippen LogP contribution in [-0.2, 0) is 23.9 Å². The summed E-state index contributed by atoms with van der Waals surface area (Å²) in [7, 11) is 0. The number of H-pyrrole nitrogens is 1. The van der Waals surface area contributed by atoms with Gasteiger partial charge in [0.2, 0.25) is 0 Å². The van der Waals surface area contributed by atoms with Crippen molar-refractivity contribution in [3.05, 3.63) is 71.4 Å². The predicted octanol–water partition coefficient (Wildman–Crippen LogP) is 3.97. The van der Waals surface area contributed by atoms with Gasteiger partial charge in [-0.15, -0.1) is 0 Å². The zero-order chi connectivity index (χ0) is 18.7. The van der Waals surface area contributed by atoms with E-state index in [1.807, 2.05) is 24.3 Å². The van der Waals surface area contributed by atoms with Crippen LogP contribution in [0.5, 0.6) is 0 Å². The Kier molecular flexibility index (Phi) is 4.99. The summed E-state index contributed by atoms with van der Waals surface area (Å²) in [5.41, 5.74) is 0.938. The third kappa shape index (κ3) is 3.88. The summed E-state index contributed by atoms with van der Waals surface area (Å²) in [6.07, 6.45) is -2.59. The number of para-hydroxylation sites is 1. The molecule has 3 aromatic rings. The first-order valence-electron chi connectivity index (χ1n) is 8.02. The van der Waals surface area contributed by atoms with Gasteiger partial charge in [-0.2, -0.15) is 13.2 Å². The standard InChI is InChI=1S/C19H17F3N2O2/c20-19(21,22)15-7-3-1-5-12(15)10-24-17(18(25)26)9-13-11-23-16-8-4-2-6-14(13)16/h1-8,11,17,23-24H,9-10H2,(H,25,26)/t17-/m0/s1. The van der Waals surface area contributed by atoms with Crippen molar-refractivity contribution in [2.24, 2.45) is 0 Å². The van der Waals surface area contributed by atoms with E-state index < -0.39 is 23.8 Å². The monoisotopic (exact) mass is 362 g/mol. The van der Waals surface area contributed by atoms with Crippen molar-refractivity contribution in [2.75, 3.05) is 0 Å². The van der Waals surface area contributed by atoms with Crippen molar-refractivity contribution in [1.82, 2.24) is 10.3 Å². The molecule has 0 unspecified atom stereocenters. The first-order valence-corrected chi connectivity index (χ1v) is 8.02. The molecule has 0 radical (unpaired) electrons. The maximum absolute atomic E-state index is 13.1. The average molecular weight is 362 g/mol. The molecule has 0 bridgehead atoms. The van der Waals surface area contributed by atoms with Crippen molar-refractivity contribution in [3.63, 3.8) is 0 Å². The van der Waals surface area contributed by atoms with Gasteiger partial charge in [0, 0.05) is 30.1 Å². The van der Waals surface area contributed by atoms with E-state index >= 15 is 0 Å². The highest BCUT2D eigenvalue weighted by molar-refractivity contribution is 5.84. The number of carboxylic acids is 1. The van der Waals surface area contributed by atoms with E-state index in [2.05, 4.69) is 10.3 Å². The lowest BCUT2D eigenvalue weighted by molar-refractivity contribution is -0.139. The number of fused-ring (bicyclic) bond motifs is 1. The maximum Gasteiger partial charge on any atom is 0.416 e. The number of benzene rings is 2. The molecule has 136 valence electrons. The van der Waals surface area contributed by atoms with Crippen molar-refractivity contribution in [3.8, 4) is 0 Å². The van der Waals surface area contributed by atoms with Crippen molar-refractivity contribution < 1.29 is 23.1 Å². The molecule has 3 N–H and O–H groups in total. The molecule has 0 amide bonds. The second kappa shape index (κ2) is 7.21. The highest BCUT2D eigenvalue weighted by Crippen LogP contribution is 2.31. The van der Waals surface area contributed by atoms with Crippen LogP contribution in [0.1, 0.15) is 16.7 Å². The molecule has 0 spiro atoms. The average Bonchev–Trinajstić information content (AvgIpc) is 3.01. The number of carbonyl (C=O) groups is 1. The van der Waals surface area contributed by atoms with Crippen LogP contribution in [-0.4, -0.2) is 22.1 Å². The fourth-order valence-electron chi connectivity index (χ4n) is 2.95. The van der Waals surface area contributed by atoms with Gasteiger partial charge in [0.15, 0.2) is 0 Å². The van der Waals surface area contributed by atoms with E-state index in [1.165, 1.54) is 18.2 Å². The maximum atomic E-state index is 13.1. The Labute approximate surface area is 147 Å². The zero-order valence-corrected chi connectivity index (χ0v) is 13.7. The lowest BCUT2D eigenvalue weighted by Gasteiger charge is -2.17. The summed E-state index contributed by atoms with van der Waals surface area (Å²) in [6.45, 7) is -0.186. The molecule has 0 aliphatic heterocycles. The normalized spacial score (nSPS) is 13.0. The largest absolute Gasteiger partial charge is 0.480 e. The predicted molar refractivity (Wildman–Crippen MR) is 91.7 cm³/mol. The molecular formula is C19H17F3N2O2. The number of alkyl halides is 3. The fourth-order valence-corrected chi connectivity index (χ4v) is 2.95. The number of nitrogens with one attached hydrogen (secondary N) is 2. The van der Waals surface area contributed by atoms with Gasteiger partial charge < -0.3 is 15.4 Å². The molecule has 0 aliphatic carbocycles. The quantitative estimate of drug-likeness (QED) is 0.622. The van der Waals surface area contributed by atoms with Crippen molar-refractivity contribution in [1.29, 1.82) is 0 Å². The molecule has 3 rings (SSSR count). The van der Waals surface area contributed by atoms with Crippen LogP contribution in [0.3, 0.4) is 0 Å². The number of aromatic nitrogens is 1. The van der Waals surface area contributed by atoms with Gasteiger partial charge >= 0.3 is 12.1 Å². The number of aromatic amines is 1. The minimum absolute atomic E-state index is 0.0187. The van der Waals surface area contributed by atoms with Gasteiger partial charge in [-0.05, 0) is 23.3 Å². The van der Waals surface area contributed by atoms with Crippen LogP contribution < -0.4 is 5.32 Å². The summed E-state index contributed by atoms with van der Waals surface area (Å²) in [5.74, 6) is -1.11. The SMILES string of the molecule is O=C(O)[C@H](Cc1c[nH]c2ccccc12)NCc1ccccc1C(F)(F)F. The van der Waals surface area contributed by atoms with E-state index in [-0.39, 0.29) is 18.5 Å². The van der Waals surface area contributed by atoms with Crippen LogP contribution in [0, 0.1) is 0 Å². The highest BCUT2D eigenvalue weighted by atomic mass is 19.4. The van der Waals surface area contributed by atoms with Crippen LogP contribution in [0.4, 0.5) is 13.2 Å². The van der Waals surface area contributed by atoms with Gasteiger partial charge in [0.05, 0.1) is 5.56 Å². The Bertz CT molecular complexity index is 918. The molecule has 26 heavy (non-hydrogen) atoms.